The van der Waals surface area contributed by atoms with Gasteiger partial charge in [-0.15, -0.1) is 0 Å². The van der Waals surface area contributed by atoms with Crippen molar-refractivity contribution in [3.63, 3.8) is 0 Å². The molecule has 19 nitrogen and oxygen atoms in total. The summed E-state index contributed by atoms with van der Waals surface area (Å²) in [6.07, 6.45) is 2.17. The highest BCUT2D eigenvalue weighted by molar-refractivity contribution is 5.70. The molecule has 7 unspecified atom stereocenters. The van der Waals surface area contributed by atoms with E-state index in [1.54, 1.807) is 0 Å². The molecule has 440 valence electrons. The molecule has 0 amide bonds. The zero-order chi connectivity index (χ0) is 54.0. The topological polar surface area (TPSA) is 216 Å². The summed E-state index contributed by atoms with van der Waals surface area (Å²) in [6.45, 7) is 17.4. The molecule has 0 saturated carbocycles. The number of carbonyl (C=O) groups excluding carboxylic acids is 1. The Balaban J connectivity index is 0.655. The van der Waals surface area contributed by atoms with Crippen LogP contribution in [0.15, 0.2) is 24.3 Å². The fourth-order valence-electron chi connectivity index (χ4n) is 18.2. The Morgan fingerprint density at radius 3 is 2.03 bits per heavy atom. The van der Waals surface area contributed by atoms with Gasteiger partial charge in [-0.1, -0.05) is 40.9 Å². The number of hydrogen-bond acceptors (Lipinski definition) is 19. The minimum absolute atomic E-state index is 0.0143. The number of aliphatic hydroxyl groups excluding tert-OH is 3. The average molecular weight is 1110 g/mol. The third-order valence-electron chi connectivity index (χ3n) is 21.9. The summed E-state index contributed by atoms with van der Waals surface area (Å²) in [7, 11) is 0. The van der Waals surface area contributed by atoms with E-state index in [-0.39, 0.29) is 146 Å². The minimum Gasteiger partial charge on any atom is -0.459 e. The van der Waals surface area contributed by atoms with E-state index >= 15 is 0 Å². The van der Waals surface area contributed by atoms with Gasteiger partial charge in [0.2, 0.25) is 0 Å². The second kappa shape index (κ2) is 20.2. The van der Waals surface area contributed by atoms with Crippen molar-refractivity contribution in [1.82, 2.24) is 0 Å². The molecule has 79 heavy (non-hydrogen) atoms. The van der Waals surface area contributed by atoms with Gasteiger partial charge in [-0.25, -0.2) is 0 Å². The van der Waals surface area contributed by atoms with Gasteiger partial charge in [-0.2, -0.15) is 0 Å². The zero-order valence-electron chi connectivity index (χ0n) is 46.5. The van der Waals surface area contributed by atoms with Crippen molar-refractivity contribution in [2.45, 2.75) is 313 Å². The molecule has 0 radical (unpaired) electrons. The van der Waals surface area contributed by atoms with Crippen LogP contribution in [0.2, 0.25) is 0 Å². The predicted molar refractivity (Wildman–Crippen MR) is 274 cm³/mol. The van der Waals surface area contributed by atoms with E-state index in [2.05, 4.69) is 40.9 Å². The molecular formula is C60H86O19. The average Bonchev–Trinajstić information content (AvgIpc) is 4.46. The lowest BCUT2D eigenvalue weighted by atomic mass is 9.79. The summed E-state index contributed by atoms with van der Waals surface area (Å²) in [5.74, 6) is -2.77. The van der Waals surface area contributed by atoms with Crippen LogP contribution in [-0.2, 0) is 75.8 Å². The number of aliphatic hydroxyl groups is 3. The van der Waals surface area contributed by atoms with Crippen molar-refractivity contribution in [1.29, 1.82) is 0 Å². The molecular weight excluding hydrogens is 1020 g/mol. The normalized spacial score (nSPS) is 57.2. The van der Waals surface area contributed by atoms with Crippen molar-refractivity contribution in [3.8, 4) is 0 Å². The van der Waals surface area contributed by atoms with Gasteiger partial charge in [0.1, 0.15) is 36.6 Å². The Morgan fingerprint density at radius 2 is 1.18 bits per heavy atom. The number of ether oxygens (including phenoxy) is 15. The van der Waals surface area contributed by atoms with Gasteiger partial charge in [0.25, 0.3) is 0 Å². The highest BCUT2D eigenvalue weighted by atomic mass is 16.8. The van der Waals surface area contributed by atoms with Crippen molar-refractivity contribution < 1.29 is 91.2 Å². The molecule has 16 heterocycles. The largest absolute Gasteiger partial charge is 0.459 e. The molecule has 16 fully saturated rings. The lowest BCUT2D eigenvalue weighted by Crippen LogP contribution is -2.62. The maximum Gasteiger partial charge on any atom is 0.308 e. The summed E-state index contributed by atoms with van der Waals surface area (Å²) in [6, 6.07) is 0. The van der Waals surface area contributed by atoms with Crippen molar-refractivity contribution in [2.75, 3.05) is 6.61 Å². The molecule has 32 atom stereocenters. The summed E-state index contributed by atoms with van der Waals surface area (Å²) in [5, 5.41) is 30.3. The first-order valence-electron chi connectivity index (χ1n) is 30.8. The van der Waals surface area contributed by atoms with Crippen LogP contribution < -0.4 is 0 Å². The lowest BCUT2D eigenvalue weighted by Gasteiger charge is -2.50. The number of carbonyl (C=O) groups is 1. The quantitative estimate of drug-likeness (QED) is 0.251. The SMILES string of the molecule is C=C1CC2CC[C@@]34C[C@H]5O[C@@H]6C(O[C@H]7CC[C@H](CC(=O)OC8[C@H](C)C9OC%10C[C@]%11(C[C@@H]%12O[C@]%13(C[C@H](C)[C@@H]%14O[C@H]([C@H](O)C[C@H](O)CO)C[C@@H]%14O%13)C[C@H](C)[C@@H]%12O%11)OC%10CC9O[C@H]8C[C@H]8O[C@H](CC[C@@H]1O2)C[C@@H](C)C8=C)O[C@H]7[C@@H]6O3)[C@H]5O4. The Morgan fingerprint density at radius 1 is 0.506 bits per heavy atom. The van der Waals surface area contributed by atoms with Crippen LogP contribution >= 0.6 is 0 Å². The fraction of sp³-hybridized carbons (Fsp3) is 0.917. The zero-order valence-corrected chi connectivity index (χ0v) is 46.5. The monoisotopic (exact) mass is 1110 g/mol. The van der Waals surface area contributed by atoms with E-state index in [1.807, 2.05) is 0 Å². The number of esters is 1. The number of fused-ring (bicyclic) bond motifs is 10. The minimum atomic E-state index is -1.02. The van der Waals surface area contributed by atoms with Gasteiger partial charge >= 0.3 is 5.97 Å². The van der Waals surface area contributed by atoms with Gasteiger partial charge in [0.15, 0.2) is 17.4 Å². The van der Waals surface area contributed by atoms with Gasteiger partial charge in [-0.3, -0.25) is 4.79 Å². The molecule has 3 spiro atoms. The molecule has 0 aliphatic carbocycles. The Hall–Kier alpha value is -1.73. The van der Waals surface area contributed by atoms with Crippen LogP contribution in [-0.4, -0.2) is 198 Å². The van der Waals surface area contributed by atoms with Crippen molar-refractivity contribution >= 4 is 5.97 Å². The molecule has 0 aromatic rings. The smallest absolute Gasteiger partial charge is 0.308 e. The highest BCUT2D eigenvalue weighted by Crippen LogP contribution is 2.58. The Labute approximate surface area is 463 Å². The first kappa shape index (κ1) is 54.0. The van der Waals surface area contributed by atoms with Gasteiger partial charge in [-0.05, 0) is 73.8 Å². The molecule has 19 heteroatoms. The van der Waals surface area contributed by atoms with Crippen LogP contribution in [0.5, 0.6) is 0 Å². The third kappa shape index (κ3) is 9.43. The van der Waals surface area contributed by atoms with E-state index in [0.717, 1.165) is 49.7 Å². The molecule has 16 rings (SSSR count). The predicted octanol–water partition coefficient (Wildman–Crippen LogP) is 4.93. The van der Waals surface area contributed by atoms with Gasteiger partial charge in [0.05, 0.1) is 129 Å². The maximum atomic E-state index is 14.6. The van der Waals surface area contributed by atoms with Crippen LogP contribution in [0.1, 0.15) is 143 Å². The van der Waals surface area contributed by atoms with Crippen LogP contribution in [0.25, 0.3) is 0 Å². The van der Waals surface area contributed by atoms with E-state index in [9.17, 15) is 20.1 Å². The first-order chi connectivity index (χ1) is 38.0. The highest BCUT2D eigenvalue weighted by Gasteiger charge is 2.70. The van der Waals surface area contributed by atoms with E-state index in [4.69, 9.17) is 71.1 Å². The van der Waals surface area contributed by atoms with Crippen LogP contribution in [0.4, 0.5) is 0 Å². The summed E-state index contributed by atoms with van der Waals surface area (Å²) >= 11 is 0. The Kier molecular flexibility index (Phi) is 13.8. The molecule has 3 N–H and O–H groups in total. The van der Waals surface area contributed by atoms with Crippen LogP contribution in [0.3, 0.4) is 0 Å². The molecule has 16 saturated heterocycles. The summed E-state index contributed by atoms with van der Waals surface area (Å²) < 4.78 is 104. The molecule has 16 aliphatic heterocycles. The Bertz CT molecular complexity index is 2340. The van der Waals surface area contributed by atoms with Crippen LogP contribution in [0, 0.1) is 23.7 Å². The second-order valence-electron chi connectivity index (χ2n) is 27.5. The first-order valence-corrected chi connectivity index (χ1v) is 30.8. The second-order valence-corrected chi connectivity index (χ2v) is 27.5. The van der Waals surface area contributed by atoms with Gasteiger partial charge in [0, 0.05) is 70.1 Å². The molecule has 12 bridgehead atoms. The van der Waals surface area contributed by atoms with Crippen molar-refractivity contribution in [2.24, 2.45) is 23.7 Å². The third-order valence-corrected chi connectivity index (χ3v) is 21.9. The van der Waals surface area contributed by atoms with Gasteiger partial charge < -0.3 is 86.4 Å². The van der Waals surface area contributed by atoms with E-state index in [1.165, 1.54) is 0 Å². The number of hydrogen-bond donors (Lipinski definition) is 3. The van der Waals surface area contributed by atoms with E-state index in [0.29, 0.717) is 64.2 Å². The lowest BCUT2D eigenvalue weighted by molar-refractivity contribution is -0.347. The number of rotatable bonds is 4. The molecule has 16 aliphatic rings. The molecule has 0 aromatic carbocycles. The molecule has 0 aromatic heterocycles. The standard InChI is InChI=1S/C60H86O19/c1-26-13-33-7-9-37-27(2)14-35(65-37)11-12-58-23-46-54(78-58)55-56(72-46)57(79-58)53-38(69-55)10-8-34(67-53)16-48(64)73-52-31(6)51-43(68-42(52)17-39(66-33)30(26)5)19-41-45(71-51)22-60(74-41)24-47-50(77-60)29(4)21-59(76-47)20-28(3)49-44(75-59)18-40(70-49)36(63)15-32(62)25-61/h26,28-29,31-47,49-57,61-63H,2,5,7-25H2,1,3-4,6H3/t26-,28+,29+,31-,32+,33-,34-,35?,36-,37+,38+,39-,40+,41?,42+,43?,44+,45?,46-,47+,49+,50+,51?,52?,53-,54+,55?,56-,57+,58+,59-,60+/m1/s1. The summed E-state index contributed by atoms with van der Waals surface area (Å²) in [4.78, 5) is 14.6. The van der Waals surface area contributed by atoms with Crippen molar-refractivity contribution in [3.05, 3.63) is 24.3 Å². The summed E-state index contributed by atoms with van der Waals surface area (Å²) in [5.41, 5.74) is 2.15. The fourth-order valence-corrected chi connectivity index (χ4v) is 18.2. The van der Waals surface area contributed by atoms with E-state index < -0.39 is 72.8 Å². The maximum absolute atomic E-state index is 14.6.